The van der Waals surface area contributed by atoms with Crippen LogP contribution in [0.25, 0.3) is 0 Å². The molecule has 0 unspecified atom stereocenters. The lowest BCUT2D eigenvalue weighted by molar-refractivity contribution is 0.0951. The molecule has 5 nitrogen and oxygen atoms in total. The summed E-state index contributed by atoms with van der Waals surface area (Å²) in [6, 6.07) is 11.1. The van der Waals surface area contributed by atoms with Crippen LogP contribution in [-0.4, -0.2) is 25.0 Å². The third-order valence-corrected chi connectivity index (χ3v) is 3.18. The van der Waals surface area contributed by atoms with Crippen molar-refractivity contribution in [2.75, 3.05) is 19.0 Å². The standard InChI is InChI=1S/C16H20N4O/c1-20(2)15-14(4-3-9-18-15)11-19-16(21)13-7-5-12(10-17)6-8-13/h3-9H,10-11,17H2,1-2H3,(H,19,21). The zero-order chi connectivity index (χ0) is 15.2. The topological polar surface area (TPSA) is 71.2 Å². The molecule has 1 amide bonds. The Kier molecular flexibility index (Phi) is 4.90. The van der Waals surface area contributed by atoms with Gasteiger partial charge in [0.1, 0.15) is 5.82 Å². The molecule has 0 bridgehead atoms. The first-order chi connectivity index (χ1) is 10.1. The molecule has 5 heteroatoms. The highest BCUT2D eigenvalue weighted by molar-refractivity contribution is 5.94. The molecule has 0 aliphatic carbocycles. The summed E-state index contributed by atoms with van der Waals surface area (Å²) in [5.41, 5.74) is 8.16. The molecular weight excluding hydrogens is 264 g/mol. The Morgan fingerprint density at radius 2 is 1.95 bits per heavy atom. The maximum absolute atomic E-state index is 12.1. The lowest BCUT2D eigenvalue weighted by Crippen LogP contribution is -2.24. The second-order valence-electron chi connectivity index (χ2n) is 4.96. The number of hydrogen-bond acceptors (Lipinski definition) is 4. The van der Waals surface area contributed by atoms with E-state index < -0.39 is 0 Å². The van der Waals surface area contributed by atoms with Crippen molar-refractivity contribution in [3.05, 3.63) is 59.3 Å². The maximum atomic E-state index is 12.1. The molecule has 0 radical (unpaired) electrons. The van der Waals surface area contributed by atoms with Crippen molar-refractivity contribution >= 4 is 11.7 Å². The van der Waals surface area contributed by atoms with Crippen molar-refractivity contribution in [2.24, 2.45) is 5.73 Å². The number of nitrogens with two attached hydrogens (primary N) is 1. The summed E-state index contributed by atoms with van der Waals surface area (Å²) >= 11 is 0. The van der Waals surface area contributed by atoms with E-state index in [2.05, 4.69) is 10.3 Å². The van der Waals surface area contributed by atoms with Gasteiger partial charge >= 0.3 is 0 Å². The average molecular weight is 284 g/mol. The molecule has 0 saturated heterocycles. The summed E-state index contributed by atoms with van der Waals surface area (Å²) in [4.78, 5) is 18.4. The van der Waals surface area contributed by atoms with Gasteiger partial charge in [-0.15, -0.1) is 0 Å². The number of benzene rings is 1. The van der Waals surface area contributed by atoms with E-state index in [4.69, 9.17) is 5.73 Å². The van der Waals surface area contributed by atoms with Gasteiger partial charge in [0.2, 0.25) is 0 Å². The van der Waals surface area contributed by atoms with Crippen LogP contribution in [0.5, 0.6) is 0 Å². The molecule has 2 aromatic rings. The summed E-state index contributed by atoms with van der Waals surface area (Å²) in [7, 11) is 3.86. The molecule has 0 aliphatic rings. The van der Waals surface area contributed by atoms with E-state index in [0.717, 1.165) is 16.9 Å². The first-order valence-corrected chi connectivity index (χ1v) is 6.80. The average Bonchev–Trinajstić information content (AvgIpc) is 2.52. The lowest BCUT2D eigenvalue weighted by atomic mass is 10.1. The van der Waals surface area contributed by atoms with Crippen LogP contribution >= 0.6 is 0 Å². The number of pyridine rings is 1. The Hall–Kier alpha value is -2.40. The van der Waals surface area contributed by atoms with Crippen LogP contribution in [0.1, 0.15) is 21.5 Å². The van der Waals surface area contributed by atoms with E-state index in [1.165, 1.54) is 0 Å². The molecular formula is C16H20N4O. The molecule has 1 aromatic heterocycles. The minimum absolute atomic E-state index is 0.105. The van der Waals surface area contributed by atoms with Gasteiger partial charge < -0.3 is 16.0 Å². The Morgan fingerprint density at radius 1 is 1.24 bits per heavy atom. The number of nitrogens with one attached hydrogen (secondary N) is 1. The van der Waals surface area contributed by atoms with E-state index in [9.17, 15) is 4.79 Å². The number of amides is 1. The van der Waals surface area contributed by atoms with Crippen molar-refractivity contribution in [3.8, 4) is 0 Å². The van der Waals surface area contributed by atoms with Gasteiger partial charge in [0.05, 0.1) is 0 Å². The number of hydrogen-bond donors (Lipinski definition) is 2. The van der Waals surface area contributed by atoms with Gasteiger partial charge in [0.25, 0.3) is 5.91 Å². The van der Waals surface area contributed by atoms with E-state index >= 15 is 0 Å². The van der Waals surface area contributed by atoms with Gasteiger partial charge in [-0.3, -0.25) is 4.79 Å². The fourth-order valence-corrected chi connectivity index (χ4v) is 2.04. The van der Waals surface area contributed by atoms with Crippen LogP contribution in [0.2, 0.25) is 0 Å². The molecule has 1 heterocycles. The van der Waals surface area contributed by atoms with Gasteiger partial charge in [-0.2, -0.15) is 0 Å². The minimum atomic E-state index is -0.105. The second-order valence-corrected chi connectivity index (χ2v) is 4.96. The fourth-order valence-electron chi connectivity index (χ4n) is 2.04. The third kappa shape index (κ3) is 3.79. The van der Waals surface area contributed by atoms with E-state index in [1.54, 1.807) is 18.3 Å². The highest BCUT2D eigenvalue weighted by atomic mass is 16.1. The zero-order valence-electron chi connectivity index (χ0n) is 12.3. The van der Waals surface area contributed by atoms with Crippen LogP contribution in [0.4, 0.5) is 5.82 Å². The number of nitrogens with zero attached hydrogens (tertiary/aromatic N) is 2. The predicted molar refractivity (Wildman–Crippen MR) is 84.1 cm³/mol. The summed E-state index contributed by atoms with van der Waals surface area (Å²) < 4.78 is 0. The SMILES string of the molecule is CN(C)c1ncccc1CNC(=O)c1ccc(CN)cc1. The monoisotopic (exact) mass is 284 g/mol. The minimum Gasteiger partial charge on any atom is -0.362 e. The molecule has 0 fully saturated rings. The van der Waals surface area contributed by atoms with Crippen molar-refractivity contribution in [2.45, 2.75) is 13.1 Å². The molecule has 1 aromatic carbocycles. The Labute approximate surface area is 124 Å². The van der Waals surface area contributed by atoms with Crippen LogP contribution in [0.3, 0.4) is 0 Å². The van der Waals surface area contributed by atoms with Crippen molar-refractivity contribution in [3.63, 3.8) is 0 Å². The van der Waals surface area contributed by atoms with Crippen molar-refractivity contribution in [1.82, 2.24) is 10.3 Å². The molecule has 110 valence electrons. The summed E-state index contributed by atoms with van der Waals surface area (Å²) in [6.07, 6.45) is 1.74. The highest BCUT2D eigenvalue weighted by Crippen LogP contribution is 2.14. The second kappa shape index (κ2) is 6.85. The quantitative estimate of drug-likeness (QED) is 0.873. The van der Waals surface area contributed by atoms with Crippen LogP contribution < -0.4 is 16.0 Å². The predicted octanol–water partition coefficient (Wildman–Crippen LogP) is 1.54. The number of carbonyl (C=O) groups excluding carboxylic acids is 1. The smallest absolute Gasteiger partial charge is 0.251 e. The van der Waals surface area contributed by atoms with Crippen molar-refractivity contribution in [1.29, 1.82) is 0 Å². The Bertz CT molecular complexity index is 608. The number of anilines is 1. The molecule has 21 heavy (non-hydrogen) atoms. The first kappa shape index (κ1) is 15.0. The molecule has 0 spiro atoms. The van der Waals surface area contributed by atoms with E-state index in [0.29, 0.717) is 18.7 Å². The number of rotatable bonds is 5. The van der Waals surface area contributed by atoms with Crippen LogP contribution in [0, 0.1) is 0 Å². The van der Waals surface area contributed by atoms with Gasteiger partial charge in [0.15, 0.2) is 0 Å². The van der Waals surface area contributed by atoms with Gasteiger partial charge in [-0.25, -0.2) is 4.98 Å². The first-order valence-electron chi connectivity index (χ1n) is 6.80. The van der Waals surface area contributed by atoms with Gasteiger partial charge in [-0.05, 0) is 23.8 Å². The van der Waals surface area contributed by atoms with E-state index in [1.807, 2.05) is 43.3 Å². The highest BCUT2D eigenvalue weighted by Gasteiger charge is 2.08. The molecule has 0 saturated carbocycles. The summed E-state index contributed by atoms with van der Waals surface area (Å²) in [5, 5.41) is 2.91. The molecule has 0 atom stereocenters. The van der Waals surface area contributed by atoms with E-state index in [-0.39, 0.29) is 5.91 Å². The summed E-state index contributed by atoms with van der Waals surface area (Å²) in [5.74, 6) is 0.753. The zero-order valence-corrected chi connectivity index (χ0v) is 12.3. The third-order valence-electron chi connectivity index (χ3n) is 3.18. The molecule has 2 rings (SSSR count). The normalized spacial score (nSPS) is 10.2. The number of aromatic nitrogens is 1. The van der Waals surface area contributed by atoms with Crippen LogP contribution in [-0.2, 0) is 13.1 Å². The Balaban J connectivity index is 2.04. The maximum Gasteiger partial charge on any atom is 0.251 e. The molecule has 0 aliphatic heterocycles. The van der Waals surface area contributed by atoms with Gasteiger partial charge in [-0.1, -0.05) is 18.2 Å². The van der Waals surface area contributed by atoms with Crippen molar-refractivity contribution < 1.29 is 4.79 Å². The van der Waals surface area contributed by atoms with Crippen LogP contribution in [0.15, 0.2) is 42.6 Å². The Morgan fingerprint density at radius 3 is 2.57 bits per heavy atom. The largest absolute Gasteiger partial charge is 0.362 e. The fraction of sp³-hybridized carbons (Fsp3) is 0.250. The lowest BCUT2D eigenvalue weighted by Gasteiger charge is -2.16. The van der Waals surface area contributed by atoms with Gasteiger partial charge in [0, 0.05) is 44.5 Å². The summed E-state index contributed by atoms with van der Waals surface area (Å²) in [6.45, 7) is 0.919. The molecule has 3 N–H and O–H groups in total. The number of carbonyl (C=O) groups is 1.